The minimum Gasteiger partial charge on any atom is -0.306 e. The van der Waals surface area contributed by atoms with E-state index in [0.29, 0.717) is 0 Å². The van der Waals surface area contributed by atoms with E-state index in [1.54, 1.807) is 0 Å². The smallest absolute Gasteiger partial charge is 0.0576 e. The van der Waals surface area contributed by atoms with Gasteiger partial charge in [-0.1, -0.05) is 66.2 Å². The molecule has 98 valence electrons. The minimum absolute atomic E-state index is 0.252. The lowest BCUT2D eigenvalue weighted by molar-refractivity contribution is 0.605. The van der Waals surface area contributed by atoms with Gasteiger partial charge in [-0.25, -0.2) is 0 Å². The molecule has 0 saturated heterocycles. The van der Waals surface area contributed by atoms with Crippen molar-refractivity contribution in [1.82, 2.24) is 5.32 Å². The van der Waals surface area contributed by atoms with Gasteiger partial charge in [0.05, 0.1) is 6.04 Å². The molecule has 0 saturated carbocycles. The Labute approximate surface area is 116 Å². The molecule has 0 amide bonds. The third-order valence-electron chi connectivity index (χ3n) is 3.17. The molecule has 0 bridgehead atoms. The number of benzene rings is 2. The van der Waals surface area contributed by atoms with Crippen LogP contribution in [0, 0.1) is 0 Å². The van der Waals surface area contributed by atoms with Crippen LogP contribution in [-0.2, 0) is 0 Å². The van der Waals surface area contributed by atoms with Crippen LogP contribution in [0.4, 0.5) is 0 Å². The van der Waals surface area contributed by atoms with E-state index in [-0.39, 0.29) is 6.04 Å². The summed E-state index contributed by atoms with van der Waals surface area (Å²) in [6.07, 6.45) is 1.01. The van der Waals surface area contributed by atoms with E-state index < -0.39 is 0 Å². The molecular weight excluding hydrogens is 230 g/mol. The van der Waals surface area contributed by atoms with Crippen molar-refractivity contribution in [1.29, 1.82) is 0 Å². The molecule has 2 rings (SSSR count). The molecule has 0 spiro atoms. The molecule has 1 N–H and O–H groups in total. The van der Waals surface area contributed by atoms with Crippen LogP contribution >= 0.6 is 0 Å². The van der Waals surface area contributed by atoms with Crippen LogP contribution in [0.3, 0.4) is 0 Å². The van der Waals surface area contributed by atoms with Crippen LogP contribution in [0.25, 0.3) is 0 Å². The van der Waals surface area contributed by atoms with Gasteiger partial charge in [-0.2, -0.15) is 0 Å². The second kappa shape index (κ2) is 6.91. The Hall–Kier alpha value is -1.86. The summed E-state index contributed by atoms with van der Waals surface area (Å²) in [6, 6.07) is 21.4. The fraction of sp³-hybridized carbons (Fsp3) is 0.222. The van der Waals surface area contributed by atoms with Gasteiger partial charge >= 0.3 is 0 Å². The van der Waals surface area contributed by atoms with Crippen molar-refractivity contribution in [2.45, 2.75) is 19.4 Å². The third kappa shape index (κ3) is 4.08. The summed E-state index contributed by atoms with van der Waals surface area (Å²) in [5, 5.41) is 3.62. The maximum atomic E-state index is 3.96. The predicted molar refractivity (Wildman–Crippen MR) is 82.2 cm³/mol. The number of hydrogen-bond acceptors (Lipinski definition) is 1. The van der Waals surface area contributed by atoms with E-state index in [2.05, 4.69) is 79.5 Å². The Balaban J connectivity index is 2.17. The highest BCUT2D eigenvalue weighted by Gasteiger charge is 2.12. The highest BCUT2D eigenvalue weighted by Crippen LogP contribution is 2.21. The van der Waals surface area contributed by atoms with Crippen molar-refractivity contribution in [2.24, 2.45) is 0 Å². The Kier molecular flexibility index (Phi) is 4.93. The van der Waals surface area contributed by atoms with E-state index in [1.165, 1.54) is 16.7 Å². The molecule has 19 heavy (non-hydrogen) atoms. The van der Waals surface area contributed by atoms with Crippen molar-refractivity contribution >= 4 is 0 Å². The molecule has 0 radical (unpaired) electrons. The Morgan fingerprint density at radius 1 is 0.947 bits per heavy atom. The summed E-state index contributed by atoms with van der Waals surface area (Å²) in [4.78, 5) is 0. The van der Waals surface area contributed by atoms with Gasteiger partial charge in [0.15, 0.2) is 0 Å². The number of hydrogen-bond donors (Lipinski definition) is 1. The Morgan fingerprint density at radius 2 is 1.42 bits per heavy atom. The van der Waals surface area contributed by atoms with E-state index in [4.69, 9.17) is 0 Å². The van der Waals surface area contributed by atoms with Gasteiger partial charge in [-0.3, -0.25) is 0 Å². The first-order chi connectivity index (χ1) is 9.27. The SMILES string of the molecule is C=C(C)CCNC(c1ccccc1)c1ccccc1. The molecule has 2 aromatic carbocycles. The normalized spacial score (nSPS) is 10.6. The molecule has 0 heterocycles. The summed E-state index contributed by atoms with van der Waals surface area (Å²) in [5.74, 6) is 0. The van der Waals surface area contributed by atoms with Crippen LogP contribution in [0.5, 0.6) is 0 Å². The van der Waals surface area contributed by atoms with Crippen molar-refractivity contribution in [2.75, 3.05) is 6.54 Å². The molecule has 0 fully saturated rings. The number of nitrogens with one attached hydrogen (secondary N) is 1. The lowest BCUT2D eigenvalue weighted by atomic mass is 9.98. The molecule has 0 aliphatic carbocycles. The van der Waals surface area contributed by atoms with Gasteiger partial charge in [-0.05, 0) is 31.0 Å². The van der Waals surface area contributed by atoms with Gasteiger partial charge in [0.1, 0.15) is 0 Å². The van der Waals surface area contributed by atoms with Crippen LogP contribution in [0.2, 0.25) is 0 Å². The van der Waals surface area contributed by atoms with Crippen LogP contribution < -0.4 is 5.32 Å². The maximum absolute atomic E-state index is 3.96. The molecule has 0 aliphatic rings. The molecule has 1 nitrogen and oxygen atoms in total. The summed E-state index contributed by atoms with van der Waals surface area (Å²) in [6.45, 7) is 6.98. The molecule has 1 heteroatoms. The van der Waals surface area contributed by atoms with Gasteiger partial charge in [0, 0.05) is 0 Å². The average Bonchev–Trinajstić information content (AvgIpc) is 2.45. The molecular formula is C18H21N. The van der Waals surface area contributed by atoms with Gasteiger partial charge < -0.3 is 5.32 Å². The second-order valence-electron chi connectivity index (χ2n) is 4.92. The van der Waals surface area contributed by atoms with E-state index in [0.717, 1.165) is 13.0 Å². The summed E-state index contributed by atoms with van der Waals surface area (Å²) in [5.41, 5.74) is 3.82. The van der Waals surface area contributed by atoms with Gasteiger partial charge in [0.25, 0.3) is 0 Å². The quantitative estimate of drug-likeness (QED) is 0.753. The van der Waals surface area contributed by atoms with E-state index in [9.17, 15) is 0 Å². The topological polar surface area (TPSA) is 12.0 Å². The highest BCUT2D eigenvalue weighted by molar-refractivity contribution is 5.31. The van der Waals surface area contributed by atoms with Gasteiger partial charge in [-0.15, -0.1) is 6.58 Å². The molecule has 0 atom stereocenters. The van der Waals surface area contributed by atoms with Crippen LogP contribution in [0.1, 0.15) is 30.5 Å². The summed E-state index contributed by atoms with van der Waals surface area (Å²) >= 11 is 0. The zero-order valence-corrected chi connectivity index (χ0v) is 11.5. The monoisotopic (exact) mass is 251 g/mol. The average molecular weight is 251 g/mol. The zero-order chi connectivity index (χ0) is 13.5. The Bertz CT molecular complexity index is 462. The maximum Gasteiger partial charge on any atom is 0.0576 e. The Morgan fingerprint density at radius 3 is 1.84 bits per heavy atom. The molecule has 0 unspecified atom stereocenters. The van der Waals surface area contributed by atoms with Crippen LogP contribution in [0.15, 0.2) is 72.8 Å². The first-order valence-electron chi connectivity index (χ1n) is 6.75. The first kappa shape index (κ1) is 13.6. The van der Waals surface area contributed by atoms with Crippen molar-refractivity contribution in [3.05, 3.63) is 83.9 Å². The molecule has 0 aliphatic heterocycles. The minimum atomic E-state index is 0.252. The first-order valence-corrected chi connectivity index (χ1v) is 6.75. The van der Waals surface area contributed by atoms with Crippen LogP contribution in [-0.4, -0.2) is 6.54 Å². The fourth-order valence-corrected chi connectivity index (χ4v) is 2.15. The largest absolute Gasteiger partial charge is 0.306 e. The predicted octanol–water partition coefficient (Wildman–Crippen LogP) is 4.33. The van der Waals surface area contributed by atoms with Crippen molar-refractivity contribution in [3.63, 3.8) is 0 Å². The fourth-order valence-electron chi connectivity index (χ4n) is 2.15. The van der Waals surface area contributed by atoms with Gasteiger partial charge in [0.2, 0.25) is 0 Å². The molecule has 0 aromatic heterocycles. The van der Waals surface area contributed by atoms with Crippen molar-refractivity contribution < 1.29 is 0 Å². The lowest BCUT2D eigenvalue weighted by Gasteiger charge is -2.20. The summed E-state index contributed by atoms with van der Waals surface area (Å²) < 4.78 is 0. The third-order valence-corrected chi connectivity index (χ3v) is 3.17. The zero-order valence-electron chi connectivity index (χ0n) is 11.5. The van der Waals surface area contributed by atoms with E-state index in [1.807, 2.05) is 0 Å². The van der Waals surface area contributed by atoms with E-state index >= 15 is 0 Å². The molecule has 2 aromatic rings. The lowest BCUT2D eigenvalue weighted by Crippen LogP contribution is -2.23. The second-order valence-corrected chi connectivity index (χ2v) is 4.92. The highest BCUT2D eigenvalue weighted by atomic mass is 14.9. The summed E-state index contributed by atoms with van der Waals surface area (Å²) in [7, 11) is 0. The standard InChI is InChI=1S/C18H21N/c1-15(2)13-14-19-18(16-9-5-3-6-10-16)17-11-7-4-8-12-17/h3-12,18-19H,1,13-14H2,2H3. The number of rotatable bonds is 6. The van der Waals surface area contributed by atoms with Crippen molar-refractivity contribution in [3.8, 4) is 0 Å².